The smallest absolute Gasteiger partial charge is 0.338 e. The Morgan fingerprint density at radius 1 is 1.09 bits per heavy atom. The number of nitro groups is 1. The van der Waals surface area contributed by atoms with Gasteiger partial charge in [0, 0.05) is 24.8 Å². The van der Waals surface area contributed by atoms with Gasteiger partial charge in [-0.25, -0.2) is 13.2 Å². The van der Waals surface area contributed by atoms with Gasteiger partial charge >= 0.3 is 11.7 Å². The van der Waals surface area contributed by atoms with Gasteiger partial charge in [0.15, 0.2) is 12.4 Å². The van der Waals surface area contributed by atoms with Crippen LogP contribution in [-0.4, -0.2) is 56.3 Å². The van der Waals surface area contributed by atoms with Crippen molar-refractivity contribution in [1.29, 1.82) is 0 Å². The number of nitrogens with zero attached hydrogens (tertiary/aromatic N) is 2. The van der Waals surface area contributed by atoms with Gasteiger partial charge in [-0.3, -0.25) is 14.9 Å². The van der Waals surface area contributed by atoms with Crippen molar-refractivity contribution >= 4 is 33.3 Å². The van der Waals surface area contributed by atoms with Crippen LogP contribution in [0.4, 0.5) is 11.4 Å². The fraction of sp³-hybridized carbons (Fsp3) is 0.300. The number of anilines is 1. The molecular weight excluding hydrogens is 442 g/mol. The van der Waals surface area contributed by atoms with Gasteiger partial charge in [-0.2, -0.15) is 4.31 Å². The topological polar surface area (TPSA) is 145 Å². The lowest BCUT2D eigenvalue weighted by atomic mass is 10.2. The van der Waals surface area contributed by atoms with Crippen molar-refractivity contribution in [3.63, 3.8) is 0 Å². The second kappa shape index (κ2) is 10.7. The van der Waals surface area contributed by atoms with Crippen molar-refractivity contribution in [3.05, 3.63) is 58.1 Å². The van der Waals surface area contributed by atoms with Crippen LogP contribution >= 0.6 is 0 Å². The Kier molecular flexibility index (Phi) is 8.27. The summed E-state index contributed by atoms with van der Waals surface area (Å²) in [6, 6.07) is 9.09. The van der Waals surface area contributed by atoms with Crippen LogP contribution in [0.15, 0.2) is 47.4 Å². The number of carbonyl (C=O) groups excluding carboxylic acids is 2. The van der Waals surface area contributed by atoms with Gasteiger partial charge in [-0.05, 0) is 36.4 Å². The maximum atomic E-state index is 12.5. The molecule has 11 nitrogen and oxygen atoms in total. The molecule has 0 saturated heterocycles. The van der Waals surface area contributed by atoms with Crippen molar-refractivity contribution in [2.75, 3.05) is 32.1 Å². The van der Waals surface area contributed by atoms with Gasteiger partial charge in [-0.15, -0.1) is 0 Å². The van der Waals surface area contributed by atoms with Crippen LogP contribution in [0.3, 0.4) is 0 Å². The van der Waals surface area contributed by atoms with E-state index in [9.17, 15) is 28.1 Å². The molecule has 0 bridgehead atoms. The van der Waals surface area contributed by atoms with Crippen molar-refractivity contribution in [2.45, 2.75) is 18.7 Å². The van der Waals surface area contributed by atoms with Crippen LogP contribution < -0.4 is 10.1 Å². The van der Waals surface area contributed by atoms with E-state index in [2.05, 4.69) is 10.1 Å². The van der Waals surface area contributed by atoms with Crippen LogP contribution in [-0.2, 0) is 19.6 Å². The number of sulfonamides is 1. The molecule has 1 amide bonds. The summed E-state index contributed by atoms with van der Waals surface area (Å²) in [5.74, 6) is -1.56. The maximum absolute atomic E-state index is 12.5. The Bertz CT molecular complexity index is 1100. The molecule has 12 heteroatoms. The van der Waals surface area contributed by atoms with Crippen molar-refractivity contribution in [2.24, 2.45) is 0 Å². The summed E-state index contributed by atoms with van der Waals surface area (Å²) >= 11 is 0. The first kappa shape index (κ1) is 24.8. The third-order valence-corrected chi connectivity index (χ3v) is 6.48. The fourth-order valence-corrected chi connectivity index (χ4v) is 4.25. The number of ether oxygens (including phenoxy) is 2. The van der Waals surface area contributed by atoms with Crippen molar-refractivity contribution in [1.82, 2.24) is 4.31 Å². The lowest BCUT2D eigenvalue weighted by Crippen LogP contribution is -2.30. The molecule has 2 aromatic carbocycles. The summed E-state index contributed by atoms with van der Waals surface area (Å²) in [4.78, 5) is 34.3. The Labute approximate surface area is 185 Å². The summed E-state index contributed by atoms with van der Waals surface area (Å²) in [5, 5.41) is 13.8. The van der Waals surface area contributed by atoms with Gasteiger partial charge in [0.2, 0.25) is 10.0 Å². The number of hydrogen-bond donors (Lipinski definition) is 1. The molecule has 0 fully saturated rings. The molecule has 0 saturated carbocycles. The number of carbonyl (C=O) groups is 2. The van der Waals surface area contributed by atoms with Crippen LogP contribution in [0.25, 0.3) is 0 Å². The SMILES string of the molecule is CCN(CC)S(=O)(=O)c1ccc(NC(=O)COc2ccc(C(=O)OC)cc2[N+](=O)[O-])cc1. The largest absolute Gasteiger partial charge is 0.477 e. The predicted octanol–water partition coefficient (Wildman–Crippen LogP) is 2.43. The first-order chi connectivity index (χ1) is 15.1. The normalized spacial score (nSPS) is 11.1. The van der Waals surface area contributed by atoms with Crippen LogP contribution in [0, 0.1) is 10.1 Å². The average molecular weight is 465 g/mol. The highest BCUT2D eigenvalue weighted by atomic mass is 32.2. The quantitative estimate of drug-likeness (QED) is 0.320. The summed E-state index contributed by atoms with van der Waals surface area (Å²) < 4.78 is 36.1. The van der Waals surface area contributed by atoms with E-state index in [0.29, 0.717) is 18.8 Å². The summed E-state index contributed by atoms with van der Waals surface area (Å²) in [6.45, 7) is 3.60. The van der Waals surface area contributed by atoms with E-state index in [-0.39, 0.29) is 16.2 Å². The number of methoxy groups -OCH3 is 1. The minimum atomic E-state index is -3.62. The van der Waals surface area contributed by atoms with Crippen LogP contribution in [0.2, 0.25) is 0 Å². The molecule has 0 aliphatic heterocycles. The average Bonchev–Trinajstić information content (AvgIpc) is 2.78. The number of nitrogens with one attached hydrogen (secondary N) is 1. The van der Waals surface area contributed by atoms with E-state index in [4.69, 9.17) is 4.74 Å². The Hall–Kier alpha value is -3.51. The zero-order chi connectivity index (χ0) is 23.9. The molecule has 2 rings (SSSR count). The predicted molar refractivity (Wildman–Crippen MR) is 115 cm³/mol. The molecular formula is C20H23N3O8S. The minimum absolute atomic E-state index is 0.0317. The van der Waals surface area contributed by atoms with Gasteiger partial charge in [-0.1, -0.05) is 13.8 Å². The third kappa shape index (κ3) is 5.80. The number of hydrogen-bond acceptors (Lipinski definition) is 8. The van der Waals surface area contributed by atoms with Crippen LogP contribution in [0.1, 0.15) is 24.2 Å². The molecule has 0 unspecified atom stereocenters. The van der Waals surface area contributed by atoms with E-state index < -0.39 is 39.1 Å². The summed E-state index contributed by atoms with van der Waals surface area (Å²) in [6.07, 6.45) is 0. The lowest BCUT2D eigenvalue weighted by Gasteiger charge is -2.18. The van der Waals surface area contributed by atoms with Gasteiger partial charge in [0.05, 0.1) is 22.5 Å². The van der Waals surface area contributed by atoms with Gasteiger partial charge < -0.3 is 14.8 Å². The Morgan fingerprint density at radius 3 is 2.25 bits per heavy atom. The van der Waals surface area contributed by atoms with E-state index in [1.165, 1.54) is 40.7 Å². The number of esters is 1. The molecule has 0 spiro atoms. The van der Waals surface area contributed by atoms with E-state index in [1.807, 2.05) is 0 Å². The maximum Gasteiger partial charge on any atom is 0.338 e. The Balaban J connectivity index is 2.06. The number of amides is 1. The van der Waals surface area contributed by atoms with Crippen molar-refractivity contribution in [3.8, 4) is 5.75 Å². The molecule has 32 heavy (non-hydrogen) atoms. The third-order valence-electron chi connectivity index (χ3n) is 4.42. The van der Waals surface area contributed by atoms with E-state index >= 15 is 0 Å². The van der Waals surface area contributed by atoms with Crippen molar-refractivity contribution < 1.29 is 32.4 Å². The molecule has 0 aliphatic rings. The molecule has 0 atom stereocenters. The molecule has 0 aromatic heterocycles. The highest BCUT2D eigenvalue weighted by Crippen LogP contribution is 2.28. The lowest BCUT2D eigenvalue weighted by molar-refractivity contribution is -0.385. The van der Waals surface area contributed by atoms with Gasteiger partial charge in [0.1, 0.15) is 0 Å². The summed E-state index contributed by atoms with van der Waals surface area (Å²) in [5.41, 5.74) is -0.199. The second-order valence-electron chi connectivity index (χ2n) is 6.38. The monoisotopic (exact) mass is 465 g/mol. The zero-order valence-corrected chi connectivity index (χ0v) is 18.5. The molecule has 1 N–H and O–H groups in total. The van der Waals surface area contributed by atoms with E-state index in [0.717, 1.165) is 13.2 Å². The van der Waals surface area contributed by atoms with Gasteiger partial charge in [0.25, 0.3) is 5.91 Å². The summed E-state index contributed by atoms with van der Waals surface area (Å²) in [7, 11) is -2.47. The second-order valence-corrected chi connectivity index (χ2v) is 8.32. The molecule has 0 heterocycles. The number of benzene rings is 2. The van der Waals surface area contributed by atoms with E-state index in [1.54, 1.807) is 13.8 Å². The molecule has 172 valence electrons. The highest BCUT2D eigenvalue weighted by molar-refractivity contribution is 7.89. The molecule has 2 aromatic rings. The minimum Gasteiger partial charge on any atom is -0.477 e. The number of rotatable bonds is 10. The first-order valence-corrected chi connectivity index (χ1v) is 11.0. The molecule has 0 aliphatic carbocycles. The number of nitro benzene ring substituents is 1. The first-order valence-electron chi connectivity index (χ1n) is 9.53. The highest BCUT2D eigenvalue weighted by Gasteiger charge is 2.22. The molecule has 0 radical (unpaired) electrons. The standard InChI is InChI=1S/C20H23N3O8S/c1-4-22(5-2)32(28,29)16-9-7-15(8-10-16)21-19(24)13-31-18-11-6-14(20(25)30-3)12-17(18)23(26)27/h6-12H,4-5,13H2,1-3H3,(H,21,24). The van der Waals surface area contributed by atoms with Crippen LogP contribution in [0.5, 0.6) is 5.75 Å². The fourth-order valence-electron chi connectivity index (χ4n) is 2.79. The zero-order valence-electron chi connectivity index (χ0n) is 17.7. The Morgan fingerprint density at radius 2 is 1.72 bits per heavy atom.